The van der Waals surface area contributed by atoms with Crippen LogP contribution in [0.2, 0.25) is 0 Å². The zero-order valence-corrected chi connectivity index (χ0v) is 23.5. The number of para-hydroxylation sites is 2. The molecule has 0 bridgehead atoms. The van der Waals surface area contributed by atoms with Crippen molar-refractivity contribution in [2.75, 3.05) is 0 Å². The molecule has 44 heavy (non-hydrogen) atoms. The van der Waals surface area contributed by atoms with Crippen molar-refractivity contribution in [1.29, 1.82) is 0 Å². The average molecular weight is 592 g/mol. The number of thiophene rings is 1. The van der Waals surface area contributed by atoms with Gasteiger partial charge in [0.15, 0.2) is 17.5 Å². The van der Waals surface area contributed by atoms with Gasteiger partial charge in [0, 0.05) is 53.3 Å². The highest BCUT2D eigenvalue weighted by molar-refractivity contribution is 7.26. The largest absolute Gasteiger partial charge is 0.309 e. The molecule has 0 radical (unpaired) electrons. The summed E-state index contributed by atoms with van der Waals surface area (Å²) in [6.07, 6.45) is 0. The van der Waals surface area contributed by atoms with E-state index in [4.69, 9.17) is 25.0 Å². The van der Waals surface area contributed by atoms with Gasteiger partial charge in [0.2, 0.25) is 0 Å². The molecule has 0 aliphatic carbocycles. The summed E-state index contributed by atoms with van der Waals surface area (Å²) in [6.45, 7) is 0. The van der Waals surface area contributed by atoms with Crippen LogP contribution >= 0.6 is 11.3 Å². The highest BCUT2D eigenvalue weighted by Crippen LogP contribution is 2.41. The number of hydrogen-bond acceptors (Lipinski definition) is 4. The molecule has 5 heteroatoms. The van der Waals surface area contributed by atoms with E-state index in [1.807, 2.05) is 66.7 Å². The maximum absolute atomic E-state index is 8.86. The van der Waals surface area contributed by atoms with Crippen LogP contribution in [-0.4, -0.2) is 19.5 Å². The summed E-state index contributed by atoms with van der Waals surface area (Å²) in [4.78, 5) is 14.2. The molecule has 9 rings (SSSR count). The first-order valence-corrected chi connectivity index (χ1v) is 14.5. The molecule has 0 spiro atoms. The lowest BCUT2D eigenvalue weighted by molar-refractivity contribution is 1.08. The Bertz CT molecular complexity index is 3030. The number of nitrogens with zero attached hydrogens (tertiary/aromatic N) is 4. The van der Waals surface area contributed by atoms with Gasteiger partial charge in [-0.05, 0) is 36.4 Å². The number of rotatable bonds is 4. The van der Waals surface area contributed by atoms with Gasteiger partial charge in [-0.3, -0.25) is 0 Å². The minimum absolute atomic E-state index is 0.0472. The van der Waals surface area contributed by atoms with E-state index in [2.05, 4.69) is 4.98 Å². The second kappa shape index (κ2) is 9.97. The van der Waals surface area contributed by atoms with Crippen molar-refractivity contribution >= 4 is 53.3 Å². The molecule has 0 aliphatic heterocycles. The molecule has 0 saturated heterocycles. The average Bonchev–Trinajstić information content (AvgIpc) is 3.75. The molecule has 0 amide bonds. The predicted molar refractivity (Wildman–Crippen MR) is 183 cm³/mol. The first-order valence-electron chi connectivity index (χ1n) is 19.2. The summed E-state index contributed by atoms with van der Waals surface area (Å²) in [7, 11) is 0. The lowest BCUT2D eigenvalue weighted by Gasteiger charge is -2.09. The molecule has 0 fully saturated rings. The standard InChI is InChI=1S/C39H24N4S/c1-3-12-25(13-4-1)37-40-38(26-14-5-2-6-15-26)42-39(41-37)31-19-11-18-30-32-24-27(22-23-35(32)44-36(30)31)43-33-20-9-7-16-28(33)29-17-8-10-21-34(29)43/h1-24H/i1D,3D,4D,7D,8D,12D,13D,16D,17D,20D,21D. The number of hydrogen-bond donors (Lipinski definition) is 0. The fourth-order valence-corrected chi connectivity index (χ4v) is 6.75. The van der Waals surface area contributed by atoms with Gasteiger partial charge in [-0.1, -0.05) is 109 Å². The van der Waals surface area contributed by atoms with E-state index < -0.39 is 30.2 Å². The van der Waals surface area contributed by atoms with Crippen molar-refractivity contribution in [3.05, 3.63) is 145 Å². The fourth-order valence-electron chi connectivity index (χ4n) is 5.56. The quantitative estimate of drug-likeness (QED) is 0.204. The molecule has 3 aromatic heterocycles. The summed E-state index contributed by atoms with van der Waals surface area (Å²) in [6, 6.07) is 19.7. The van der Waals surface area contributed by atoms with Crippen molar-refractivity contribution in [1.82, 2.24) is 19.5 Å². The second-order valence-corrected chi connectivity index (χ2v) is 11.1. The van der Waals surface area contributed by atoms with Crippen LogP contribution in [0, 0.1) is 0 Å². The van der Waals surface area contributed by atoms with E-state index in [1.54, 1.807) is 4.57 Å². The second-order valence-electron chi connectivity index (χ2n) is 10.0. The SMILES string of the molecule is [2H]c1cc([2H])c2c(c1[2H])c1c([2H])c([2H])cc([2H])c1n2-c1ccc2sc3c(-c4nc(-c5ccccc5)nc(-c5c([2H])c([2H])c([2H])c([2H])c5[2H])n4)cccc3c2c1. The highest BCUT2D eigenvalue weighted by Gasteiger charge is 2.18. The molecule has 0 atom stereocenters. The smallest absolute Gasteiger partial charge is 0.165 e. The van der Waals surface area contributed by atoms with Gasteiger partial charge in [0.05, 0.1) is 26.1 Å². The third-order valence-corrected chi connectivity index (χ3v) is 8.72. The Morgan fingerprint density at radius 2 is 1.23 bits per heavy atom. The maximum atomic E-state index is 8.86. The number of aromatic nitrogens is 4. The lowest BCUT2D eigenvalue weighted by Crippen LogP contribution is -2.00. The lowest BCUT2D eigenvalue weighted by atomic mass is 10.1. The maximum Gasteiger partial charge on any atom is 0.165 e. The fraction of sp³-hybridized carbons (Fsp3) is 0. The summed E-state index contributed by atoms with van der Waals surface area (Å²) < 4.78 is 97.1. The highest BCUT2D eigenvalue weighted by atomic mass is 32.1. The molecule has 0 aliphatic rings. The Morgan fingerprint density at radius 3 is 1.98 bits per heavy atom. The monoisotopic (exact) mass is 591 g/mol. The first-order chi connectivity index (χ1) is 26.3. The molecule has 6 aromatic carbocycles. The molecule has 0 saturated carbocycles. The van der Waals surface area contributed by atoms with Gasteiger partial charge >= 0.3 is 0 Å². The van der Waals surface area contributed by atoms with Crippen molar-refractivity contribution in [2.45, 2.75) is 0 Å². The van der Waals surface area contributed by atoms with E-state index in [0.717, 1.165) is 20.2 Å². The van der Waals surface area contributed by atoms with E-state index in [0.29, 0.717) is 16.8 Å². The van der Waals surface area contributed by atoms with Crippen LogP contribution in [0.5, 0.6) is 0 Å². The number of fused-ring (bicyclic) bond motifs is 6. The number of benzene rings is 6. The molecular formula is C39H24N4S. The predicted octanol–water partition coefficient (Wildman–Crippen LogP) is 10.3. The molecule has 206 valence electrons. The van der Waals surface area contributed by atoms with Crippen LogP contribution in [0.4, 0.5) is 0 Å². The summed E-state index contributed by atoms with van der Waals surface area (Å²) in [5, 5.41) is 2.00. The van der Waals surface area contributed by atoms with Crippen molar-refractivity contribution in [3.8, 4) is 39.9 Å². The molecule has 4 nitrogen and oxygen atoms in total. The minimum Gasteiger partial charge on any atom is -0.309 e. The van der Waals surface area contributed by atoms with Crippen LogP contribution in [0.1, 0.15) is 15.1 Å². The normalized spacial score (nSPS) is 15.1. The molecule has 9 aromatic rings. The molecular weight excluding hydrogens is 557 g/mol. The van der Waals surface area contributed by atoms with Crippen molar-refractivity contribution < 1.29 is 15.1 Å². The Morgan fingerprint density at radius 1 is 0.523 bits per heavy atom. The summed E-state index contributed by atoms with van der Waals surface area (Å²) >= 11 is 1.48. The topological polar surface area (TPSA) is 43.6 Å². The van der Waals surface area contributed by atoms with Crippen LogP contribution in [0.3, 0.4) is 0 Å². The summed E-state index contributed by atoms with van der Waals surface area (Å²) in [5.74, 6) is 0.418. The van der Waals surface area contributed by atoms with Gasteiger partial charge < -0.3 is 4.57 Å². The first kappa shape index (κ1) is 16.3. The molecule has 3 heterocycles. The van der Waals surface area contributed by atoms with Gasteiger partial charge in [0.25, 0.3) is 0 Å². The third kappa shape index (κ3) is 3.94. The van der Waals surface area contributed by atoms with E-state index >= 15 is 0 Å². The molecule has 0 unspecified atom stereocenters. The van der Waals surface area contributed by atoms with Gasteiger partial charge in [-0.15, -0.1) is 11.3 Å². The Balaban J connectivity index is 1.30. The van der Waals surface area contributed by atoms with E-state index in [-0.39, 0.29) is 81.1 Å². The molecule has 0 N–H and O–H groups in total. The Labute approximate surface area is 273 Å². The van der Waals surface area contributed by atoms with Gasteiger partial charge in [-0.25, -0.2) is 15.0 Å². The summed E-state index contributed by atoms with van der Waals surface area (Å²) in [5.41, 5.74) is 2.21. The van der Waals surface area contributed by atoms with Crippen LogP contribution in [-0.2, 0) is 0 Å². The van der Waals surface area contributed by atoms with Crippen molar-refractivity contribution in [3.63, 3.8) is 0 Å². The Hall–Kier alpha value is -5.65. The van der Waals surface area contributed by atoms with Crippen LogP contribution < -0.4 is 0 Å². The van der Waals surface area contributed by atoms with Gasteiger partial charge in [0.1, 0.15) is 0 Å². The Kier molecular flexibility index (Phi) is 3.69. The third-order valence-electron chi connectivity index (χ3n) is 7.50. The minimum atomic E-state index is -0.521. The van der Waals surface area contributed by atoms with E-state index in [9.17, 15) is 0 Å². The zero-order valence-electron chi connectivity index (χ0n) is 33.7. The van der Waals surface area contributed by atoms with Crippen LogP contribution in [0.15, 0.2) is 145 Å². The van der Waals surface area contributed by atoms with Crippen LogP contribution in [0.25, 0.3) is 81.8 Å². The van der Waals surface area contributed by atoms with Gasteiger partial charge in [-0.2, -0.15) is 0 Å². The zero-order chi connectivity index (χ0) is 38.6. The van der Waals surface area contributed by atoms with E-state index in [1.165, 1.54) is 23.5 Å². The van der Waals surface area contributed by atoms with Crippen molar-refractivity contribution in [2.24, 2.45) is 0 Å².